The minimum absolute atomic E-state index is 0. The fourth-order valence-electron chi connectivity index (χ4n) is 5.59. The van der Waals surface area contributed by atoms with Gasteiger partial charge in [0, 0.05) is 70.0 Å². The molecule has 4 aromatic carbocycles. The first-order chi connectivity index (χ1) is 19.8. The van der Waals surface area contributed by atoms with Crippen molar-refractivity contribution in [1.82, 2.24) is 39.9 Å². The Balaban J connectivity index is 0.00000110. The summed E-state index contributed by atoms with van der Waals surface area (Å²) in [7, 11) is 0. The zero-order valence-electron chi connectivity index (χ0n) is 22.4. The number of H-pyrrole nitrogens is 2. The quantitative estimate of drug-likeness (QED) is 0.230. The molecule has 5 heterocycles. The zero-order valence-corrected chi connectivity index (χ0v) is 24.9. The van der Waals surface area contributed by atoms with Crippen molar-refractivity contribution in [2.45, 2.75) is 0 Å². The molecule has 206 valence electrons. The molecule has 2 aliphatic heterocycles. The summed E-state index contributed by atoms with van der Waals surface area (Å²) in [5, 5.41) is 3.82. The second kappa shape index (κ2) is 10.7. The van der Waals surface area contributed by atoms with Gasteiger partial charge in [-0.15, -0.1) is 0 Å². The summed E-state index contributed by atoms with van der Waals surface area (Å²) in [5.41, 5.74) is 6.45. The second-order valence-corrected chi connectivity index (χ2v) is 9.79. The number of benzene rings is 4. The SMILES string of the molecule is O.O.[Zr].c1ccc2c(c1)-c1nc-2nc2[nH]c(nc3nc(nc4[nH]c(n1)c1ccccc41)-c1ccccc1-3)c1ccccc21. The Morgan fingerprint density at radius 2 is 0.558 bits per heavy atom. The van der Waals surface area contributed by atoms with Gasteiger partial charge in [-0.05, 0) is 0 Å². The number of aromatic amines is 2. The Bertz CT molecular complexity index is 2050. The largest absolute Gasteiger partial charge is 0.412 e. The zero-order chi connectivity index (χ0) is 26.2. The summed E-state index contributed by atoms with van der Waals surface area (Å²) in [5.74, 6) is 2.39. The maximum absolute atomic E-state index is 5.02. The number of hydrogen-bond acceptors (Lipinski definition) is 6. The summed E-state index contributed by atoms with van der Waals surface area (Å²) in [4.78, 5) is 36.8. The molecule has 10 nitrogen and oxygen atoms in total. The summed E-state index contributed by atoms with van der Waals surface area (Å²) in [6.45, 7) is 0. The first-order valence-corrected chi connectivity index (χ1v) is 13.0. The average molecular weight is 642 g/mol. The van der Waals surface area contributed by atoms with E-state index in [4.69, 9.17) is 29.9 Å². The van der Waals surface area contributed by atoms with Crippen LogP contribution < -0.4 is 0 Å². The van der Waals surface area contributed by atoms with Gasteiger partial charge in [0.1, 0.15) is 22.6 Å². The summed E-state index contributed by atoms with van der Waals surface area (Å²) in [6, 6.07) is 32.2. The van der Waals surface area contributed by atoms with Gasteiger partial charge in [-0.2, -0.15) is 0 Å². The van der Waals surface area contributed by atoms with Crippen LogP contribution in [0.1, 0.15) is 0 Å². The number of hydrogen-bond donors (Lipinski definition) is 2. The average Bonchev–Trinajstić information content (AvgIpc) is 3.73. The van der Waals surface area contributed by atoms with Crippen LogP contribution in [0.3, 0.4) is 0 Å². The molecule has 0 spiro atoms. The number of nitrogens with one attached hydrogen (secondary N) is 2. The minimum atomic E-state index is 0. The predicted molar refractivity (Wildman–Crippen MR) is 163 cm³/mol. The first-order valence-electron chi connectivity index (χ1n) is 13.0. The molecule has 8 bridgehead atoms. The van der Waals surface area contributed by atoms with E-state index in [1.54, 1.807) is 0 Å². The van der Waals surface area contributed by atoms with Crippen molar-refractivity contribution in [3.8, 4) is 45.6 Å². The van der Waals surface area contributed by atoms with Crippen molar-refractivity contribution in [3.05, 3.63) is 97.1 Å². The molecular weight excluding hydrogens is 620 g/mol. The van der Waals surface area contributed by atoms with Crippen LogP contribution in [0.25, 0.3) is 89.7 Å². The summed E-state index contributed by atoms with van der Waals surface area (Å²) < 4.78 is 0. The van der Waals surface area contributed by atoms with Crippen molar-refractivity contribution >= 4 is 44.1 Å². The van der Waals surface area contributed by atoms with Gasteiger partial charge in [-0.3, -0.25) is 0 Å². The number of nitrogens with zero attached hydrogens (tertiary/aromatic N) is 6. The third-order valence-corrected chi connectivity index (χ3v) is 7.46. The number of fused-ring (bicyclic) bond motifs is 20. The number of aromatic nitrogens is 8. The van der Waals surface area contributed by atoms with Crippen LogP contribution >= 0.6 is 0 Å². The minimum Gasteiger partial charge on any atom is -0.412 e. The van der Waals surface area contributed by atoms with Crippen molar-refractivity contribution in [2.24, 2.45) is 0 Å². The van der Waals surface area contributed by atoms with Crippen LogP contribution in [0.15, 0.2) is 97.1 Å². The van der Waals surface area contributed by atoms with E-state index in [1.807, 2.05) is 97.1 Å². The van der Waals surface area contributed by atoms with Crippen LogP contribution in [0.2, 0.25) is 0 Å². The fourth-order valence-corrected chi connectivity index (χ4v) is 5.59. The van der Waals surface area contributed by atoms with Crippen molar-refractivity contribution < 1.29 is 37.2 Å². The Kier molecular flexibility index (Phi) is 7.02. The monoisotopic (exact) mass is 640 g/mol. The van der Waals surface area contributed by atoms with Gasteiger partial charge in [0.15, 0.2) is 23.3 Å². The van der Waals surface area contributed by atoms with Gasteiger partial charge < -0.3 is 20.9 Å². The molecule has 0 saturated carbocycles. The van der Waals surface area contributed by atoms with E-state index in [2.05, 4.69) is 9.97 Å². The van der Waals surface area contributed by atoms with Crippen molar-refractivity contribution in [3.63, 3.8) is 0 Å². The molecule has 43 heavy (non-hydrogen) atoms. The molecule has 6 N–H and O–H groups in total. The van der Waals surface area contributed by atoms with Crippen LogP contribution in [-0.2, 0) is 26.2 Å². The Morgan fingerprint density at radius 1 is 0.326 bits per heavy atom. The Labute approximate surface area is 262 Å². The molecule has 0 saturated heterocycles. The molecule has 0 radical (unpaired) electrons. The summed E-state index contributed by atoms with van der Waals surface area (Å²) >= 11 is 0. The smallest absolute Gasteiger partial charge is 0.164 e. The van der Waals surface area contributed by atoms with E-state index < -0.39 is 0 Å². The van der Waals surface area contributed by atoms with Gasteiger partial charge in [-0.1, -0.05) is 97.1 Å². The Morgan fingerprint density at radius 3 is 0.814 bits per heavy atom. The topological polar surface area (TPSA) is 172 Å². The molecule has 2 aliphatic rings. The molecule has 9 rings (SSSR count). The maximum atomic E-state index is 5.02. The molecule has 7 aromatic rings. The van der Waals surface area contributed by atoms with Crippen molar-refractivity contribution in [1.29, 1.82) is 0 Å². The fraction of sp³-hybridized carbons (Fsp3) is 0. The molecule has 3 aromatic heterocycles. The van der Waals surface area contributed by atoms with Gasteiger partial charge in [0.2, 0.25) is 0 Å². The van der Waals surface area contributed by atoms with E-state index in [0.29, 0.717) is 45.9 Å². The van der Waals surface area contributed by atoms with Crippen LogP contribution in [0.4, 0.5) is 0 Å². The van der Waals surface area contributed by atoms with E-state index in [0.717, 1.165) is 43.8 Å². The molecule has 11 heteroatoms. The molecule has 0 atom stereocenters. The van der Waals surface area contributed by atoms with Crippen LogP contribution in [0, 0.1) is 0 Å². The first kappa shape index (κ1) is 28.2. The normalized spacial score (nSPS) is 11.2. The van der Waals surface area contributed by atoms with E-state index >= 15 is 0 Å². The molecule has 0 aliphatic carbocycles. The van der Waals surface area contributed by atoms with Gasteiger partial charge in [0.05, 0.1) is 0 Å². The van der Waals surface area contributed by atoms with Crippen LogP contribution in [0.5, 0.6) is 0 Å². The number of rotatable bonds is 0. The van der Waals surface area contributed by atoms with E-state index in [-0.39, 0.29) is 37.2 Å². The van der Waals surface area contributed by atoms with Gasteiger partial charge >= 0.3 is 0 Å². The van der Waals surface area contributed by atoms with E-state index in [9.17, 15) is 0 Å². The second-order valence-electron chi connectivity index (χ2n) is 9.79. The molecule has 0 unspecified atom stereocenters. The van der Waals surface area contributed by atoms with Gasteiger partial charge in [0.25, 0.3) is 0 Å². The molecule has 0 amide bonds. The van der Waals surface area contributed by atoms with E-state index in [1.165, 1.54) is 0 Å². The third kappa shape index (κ3) is 4.28. The van der Waals surface area contributed by atoms with Crippen molar-refractivity contribution in [2.75, 3.05) is 0 Å². The maximum Gasteiger partial charge on any atom is 0.164 e. The Hall–Kier alpha value is -4.96. The van der Waals surface area contributed by atoms with Crippen LogP contribution in [-0.4, -0.2) is 50.8 Å². The molecule has 0 fully saturated rings. The predicted octanol–water partition coefficient (Wildman–Crippen LogP) is 5.22. The summed E-state index contributed by atoms with van der Waals surface area (Å²) in [6.07, 6.45) is 0. The molecular formula is C32H22N8O2Zr. The third-order valence-electron chi connectivity index (χ3n) is 7.46. The standard InChI is InChI=1S/C32H18N8.2H2O.Zr/c1-2-10-18-17(9-1)25-33-26(18)38-28-21-13-5-6-14-22(21)30(35-28)40-32-24-16-8-7-15-23(24)31(36-32)39-29-20-12-4-3-11-19(20)27(34-29)37-25;;;/h1-16H,(H2,33,34,35,36,37,38,39,40);2*1H2;. The van der Waals surface area contributed by atoms with Gasteiger partial charge in [-0.25, -0.2) is 29.9 Å².